The van der Waals surface area contributed by atoms with Gasteiger partial charge in [-0.3, -0.25) is 4.79 Å². The van der Waals surface area contributed by atoms with Crippen LogP contribution in [0, 0.1) is 5.92 Å². The van der Waals surface area contributed by atoms with Crippen LogP contribution in [0.5, 0.6) is 0 Å². The first-order valence-electron chi connectivity index (χ1n) is 10.3. The summed E-state index contributed by atoms with van der Waals surface area (Å²) in [6.45, 7) is 17.3. The van der Waals surface area contributed by atoms with Crippen LogP contribution in [0.15, 0.2) is 91.5 Å². The third-order valence-corrected chi connectivity index (χ3v) is 4.73. The van der Waals surface area contributed by atoms with E-state index in [2.05, 4.69) is 50.4 Å². The highest BCUT2D eigenvalue weighted by Gasteiger charge is 2.02. The number of allylic oxidation sites excluding steroid dienone is 2. The van der Waals surface area contributed by atoms with Crippen LogP contribution in [0.25, 0.3) is 21.9 Å². The van der Waals surface area contributed by atoms with Crippen LogP contribution in [0.2, 0.25) is 0 Å². The van der Waals surface area contributed by atoms with Gasteiger partial charge in [0.2, 0.25) is 0 Å². The summed E-state index contributed by atoms with van der Waals surface area (Å²) in [6, 6.07) is 22.5. The molecule has 0 aliphatic carbocycles. The summed E-state index contributed by atoms with van der Waals surface area (Å²) in [4.78, 5) is 11.3. The Hall–Kier alpha value is -2.93. The van der Waals surface area contributed by atoms with Gasteiger partial charge in [0, 0.05) is 5.56 Å². The molecule has 1 heteroatoms. The first kappa shape index (κ1) is 24.1. The van der Waals surface area contributed by atoms with Gasteiger partial charge in [0.05, 0.1) is 0 Å². The zero-order valence-corrected chi connectivity index (χ0v) is 18.5. The average Bonchev–Trinajstić information content (AvgIpc) is 2.76. The molecule has 3 aromatic rings. The SMILES string of the molecule is C=CC(CC)C(=C)C.CC.CC(=O)c1ccc(-c2ccc3ccccc3c2)cc1. The summed E-state index contributed by atoms with van der Waals surface area (Å²) in [5, 5.41) is 2.47. The molecule has 0 aliphatic rings. The van der Waals surface area contributed by atoms with Gasteiger partial charge >= 0.3 is 0 Å². The Labute approximate surface area is 176 Å². The van der Waals surface area contributed by atoms with Crippen molar-refractivity contribution in [1.82, 2.24) is 0 Å². The summed E-state index contributed by atoms with van der Waals surface area (Å²) >= 11 is 0. The maximum atomic E-state index is 11.3. The highest BCUT2D eigenvalue weighted by molar-refractivity contribution is 5.94. The van der Waals surface area contributed by atoms with Crippen molar-refractivity contribution >= 4 is 16.6 Å². The molecule has 0 amide bonds. The van der Waals surface area contributed by atoms with Gasteiger partial charge in [0.25, 0.3) is 0 Å². The minimum absolute atomic E-state index is 0.102. The third-order valence-electron chi connectivity index (χ3n) is 4.73. The monoisotopic (exact) mass is 386 g/mol. The van der Waals surface area contributed by atoms with Crippen LogP contribution in [0.1, 0.15) is 51.4 Å². The second kappa shape index (κ2) is 12.5. The Morgan fingerprint density at radius 1 is 0.897 bits per heavy atom. The fourth-order valence-electron chi connectivity index (χ4n) is 2.98. The maximum Gasteiger partial charge on any atom is 0.159 e. The second-order valence-electron chi connectivity index (χ2n) is 6.79. The topological polar surface area (TPSA) is 17.1 Å². The Bertz CT molecular complexity index is 932. The van der Waals surface area contributed by atoms with E-state index >= 15 is 0 Å². The van der Waals surface area contributed by atoms with E-state index in [4.69, 9.17) is 0 Å². The average molecular weight is 387 g/mol. The van der Waals surface area contributed by atoms with Gasteiger partial charge in [-0.15, -0.1) is 6.58 Å². The number of fused-ring (bicyclic) bond motifs is 1. The molecule has 1 unspecified atom stereocenters. The van der Waals surface area contributed by atoms with Crippen molar-refractivity contribution in [3.63, 3.8) is 0 Å². The summed E-state index contributed by atoms with van der Waals surface area (Å²) in [5.74, 6) is 0.625. The van der Waals surface area contributed by atoms with Crippen LogP contribution in [0.4, 0.5) is 0 Å². The molecule has 0 bridgehead atoms. The molecule has 0 N–H and O–H groups in total. The lowest BCUT2D eigenvalue weighted by Gasteiger charge is -2.06. The first-order chi connectivity index (χ1) is 14.0. The fraction of sp³-hybridized carbons (Fsp3) is 0.250. The Morgan fingerprint density at radius 2 is 1.45 bits per heavy atom. The molecule has 152 valence electrons. The van der Waals surface area contributed by atoms with Crippen molar-refractivity contribution in [3.8, 4) is 11.1 Å². The Morgan fingerprint density at radius 3 is 1.90 bits per heavy atom. The lowest BCUT2D eigenvalue weighted by molar-refractivity contribution is 0.101. The number of hydrogen-bond donors (Lipinski definition) is 0. The predicted molar refractivity (Wildman–Crippen MR) is 130 cm³/mol. The molecule has 0 aliphatic heterocycles. The molecule has 0 aromatic heterocycles. The molecular weight excluding hydrogens is 352 g/mol. The van der Waals surface area contributed by atoms with Crippen LogP contribution in [-0.2, 0) is 0 Å². The first-order valence-corrected chi connectivity index (χ1v) is 10.3. The molecule has 0 saturated heterocycles. The minimum atomic E-state index is 0.102. The lowest BCUT2D eigenvalue weighted by atomic mass is 10.00. The minimum Gasteiger partial charge on any atom is -0.295 e. The summed E-state index contributed by atoms with van der Waals surface area (Å²) in [7, 11) is 0. The smallest absolute Gasteiger partial charge is 0.159 e. The standard InChI is InChI=1S/C18H14O.C8H14.C2H6/c1-13(19)14-6-8-16(9-7-14)18-11-10-15-4-2-3-5-17(15)12-18;1-5-8(6-2)7(3)4;1-2/h2-12H,1H3;5,8H,1,3,6H2,2,4H3;1-2H3. The van der Waals surface area contributed by atoms with Crippen LogP contribution in [0.3, 0.4) is 0 Å². The quantitative estimate of drug-likeness (QED) is 0.317. The summed E-state index contributed by atoms with van der Waals surface area (Å²) in [5.41, 5.74) is 4.27. The molecule has 1 nitrogen and oxygen atoms in total. The summed E-state index contributed by atoms with van der Waals surface area (Å²) < 4.78 is 0. The molecule has 0 fully saturated rings. The third kappa shape index (κ3) is 7.19. The largest absolute Gasteiger partial charge is 0.295 e. The number of hydrogen-bond acceptors (Lipinski definition) is 1. The molecule has 3 aromatic carbocycles. The molecule has 29 heavy (non-hydrogen) atoms. The van der Waals surface area contributed by atoms with Gasteiger partial charge in [-0.25, -0.2) is 0 Å². The van der Waals surface area contributed by atoms with Crippen molar-refractivity contribution in [2.45, 2.75) is 41.0 Å². The molecular formula is C28H34O. The van der Waals surface area contributed by atoms with Gasteiger partial charge in [0.1, 0.15) is 0 Å². The number of benzene rings is 3. The molecule has 3 rings (SSSR count). The maximum absolute atomic E-state index is 11.3. The van der Waals surface area contributed by atoms with Crippen molar-refractivity contribution in [2.24, 2.45) is 5.92 Å². The lowest BCUT2D eigenvalue weighted by Crippen LogP contribution is -1.92. The second-order valence-corrected chi connectivity index (χ2v) is 6.79. The zero-order chi connectivity index (χ0) is 21.8. The van der Waals surface area contributed by atoms with Crippen molar-refractivity contribution in [3.05, 3.63) is 97.1 Å². The highest BCUT2D eigenvalue weighted by atomic mass is 16.1. The normalized spacial score (nSPS) is 10.7. The van der Waals surface area contributed by atoms with Crippen molar-refractivity contribution < 1.29 is 4.79 Å². The predicted octanol–water partition coefficient (Wildman–Crippen LogP) is 8.51. The van der Waals surface area contributed by atoms with Gasteiger partial charge in [-0.1, -0.05) is 99.7 Å². The van der Waals surface area contributed by atoms with E-state index in [1.165, 1.54) is 21.9 Å². The van der Waals surface area contributed by atoms with Crippen LogP contribution in [-0.4, -0.2) is 5.78 Å². The fourth-order valence-corrected chi connectivity index (χ4v) is 2.98. The number of Topliss-reactive ketones (excluding diaryl/α,β-unsaturated/α-hetero) is 1. The van der Waals surface area contributed by atoms with E-state index < -0.39 is 0 Å². The van der Waals surface area contributed by atoms with E-state index in [0.717, 1.165) is 17.5 Å². The molecule has 0 spiro atoms. The van der Waals surface area contributed by atoms with Crippen LogP contribution < -0.4 is 0 Å². The van der Waals surface area contributed by atoms with Crippen LogP contribution >= 0.6 is 0 Å². The van der Waals surface area contributed by atoms with Gasteiger partial charge < -0.3 is 0 Å². The van der Waals surface area contributed by atoms with Crippen molar-refractivity contribution in [2.75, 3.05) is 0 Å². The molecule has 0 saturated carbocycles. The Balaban J connectivity index is 0.000000358. The van der Waals surface area contributed by atoms with E-state index in [9.17, 15) is 4.79 Å². The highest BCUT2D eigenvalue weighted by Crippen LogP contribution is 2.24. The van der Waals surface area contributed by atoms with E-state index in [1.54, 1.807) is 6.92 Å². The number of ketones is 1. The molecule has 0 radical (unpaired) electrons. The van der Waals surface area contributed by atoms with Crippen molar-refractivity contribution in [1.29, 1.82) is 0 Å². The number of rotatable bonds is 5. The van der Waals surface area contributed by atoms with E-state index in [-0.39, 0.29) is 5.78 Å². The zero-order valence-electron chi connectivity index (χ0n) is 18.5. The molecule has 0 heterocycles. The molecule has 1 atom stereocenters. The number of carbonyl (C=O) groups excluding carboxylic acids is 1. The Kier molecular flexibility index (Phi) is 10.4. The summed E-state index contributed by atoms with van der Waals surface area (Å²) in [6.07, 6.45) is 3.07. The number of carbonyl (C=O) groups is 1. The van der Waals surface area contributed by atoms with E-state index in [0.29, 0.717) is 5.92 Å². The van der Waals surface area contributed by atoms with Gasteiger partial charge in [-0.05, 0) is 54.2 Å². The van der Waals surface area contributed by atoms with E-state index in [1.807, 2.05) is 63.2 Å². The van der Waals surface area contributed by atoms with Gasteiger partial charge in [0.15, 0.2) is 5.78 Å². The van der Waals surface area contributed by atoms with Gasteiger partial charge in [-0.2, -0.15) is 0 Å².